The van der Waals surface area contributed by atoms with E-state index >= 15 is 0 Å². The van der Waals surface area contributed by atoms with Gasteiger partial charge in [-0.3, -0.25) is 37.3 Å². The van der Waals surface area contributed by atoms with Crippen molar-refractivity contribution in [2.45, 2.75) is 349 Å². The average molecular weight is 1360 g/mol. The Labute approximate surface area is 566 Å². The summed E-state index contributed by atoms with van der Waals surface area (Å²) in [6, 6.07) is 0. The van der Waals surface area contributed by atoms with E-state index in [0.717, 1.165) is 134 Å². The molecule has 0 heterocycles. The van der Waals surface area contributed by atoms with Gasteiger partial charge >= 0.3 is 39.5 Å². The van der Waals surface area contributed by atoms with E-state index in [1.54, 1.807) is 0 Å². The lowest BCUT2D eigenvalue weighted by Crippen LogP contribution is -2.30. The summed E-state index contributed by atoms with van der Waals surface area (Å²) in [5, 5.41) is 10.6. The van der Waals surface area contributed by atoms with Crippen LogP contribution in [-0.2, 0) is 65.4 Å². The summed E-state index contributed by atoms with van der Waals surface area (Å²) in [4.78, 5) is 72.6. The third kappa shape index (κ3) is 67.4. The van der Waals surface area contributed by atoms with Crippen LogP contribution in [0.1, 0.15) is 330 Å². The highest BCUT2D eigenvalue weighted by Crippen LogP contribution is 2.45. The predicted octanol–water partition coefficient (Wildman–Crippen LogP) is 20.7. The van der Waals surface area contributed by atoms with E-state index in [1.807, 2.05) is 0 Å². The molecule has 0 aliphatic rings. The van der Waals surface area contributed by atoms with Gasteiger partial charge in [0.1, 0.15) is 19.3 Å². The van der Waals surface area contributed by atoms with Crippen LogP contribution in [0.3, 0.4) is 0 Å². The van der Waals surface area contributed by atoms with E-state index in [4.69, 9.17) is 37.0 Å². The second-order valence-corrected chi connectivity index (χ2v) is 29.2. The molecule has 0 aromatic rings. The molecule has 544 valence electrons. The normalized spacial score (nSPS) is 14.4. The highest BCUT2D eigenvalue weighted by Gasteiger charge is 2.30. The molecule has 0 aliphatic carbocycles. The molecule has 0 aromatic heterocycles. The van der Waals surface area contributed by atoms with Gasteiger partial charge in [0.25, 0.3) is 0 Å². The van der Waals surface area contributed by atoms with Gasteiger partial charge in [0, 0.05) is 25.7 Å². The number of carbonyl (C=O) groups is 4. The second kappa shape index (κ2) is 65.0. The molecule has 0 aromatic carbocycles. The summed E-state index contributed by atoms with van der Waals surface area (Å²) in [5.74, 6) is -0.747. The first-order valence-corrected chi connectivity index (χ1v) is 40.1. The Balaban J connectivity index is 5.31. The van der Waals surface area contributed by atoms with Gasteiger partial charge in [-0.2, -0.15) is 0 Å². The molecule has 19 heteroatoms. The second-order valence-electron chi connectivity index (χ2n) is 26.3. The number of carbonyl (C=O) groups excluding carboxylic acids is 4. The van der Waals surface area contributed by atoms with Gasteiger partial charge in [-0.1, -0.05) is 276 Å². The highest BCUT2D eigenvalue weighted by molar-refractivity contribution is 7.47. The van der Waals surface area contributed by atoms with Gasteiger partial charge in [0.05, 0.1) is 26.4 Å². The Morgan fingerprint density at radius 1 is 0.333 bits per heavy atom. The smallest absolute Gasteiger partial charge is 0.462 e. The van der Waals surface area contributed by atoms with Crippen molar-refractivity contribution in [2.24, 2.45) is 11.8 Å². The van der Waals surface area contributed by atoms with Gasteiger partial charge in [-0.05, 0) is 88.9 Å². The van der Waals surface area contributed by atoms with E-state index in [1.165, 1.54) is 109 Å². The average Bonchev–Trinajstić information content (AvgIpc) is 1.81. The third-order valence-electron chi connectivity index (χ3n) is 16.0. The van der Waals surface area contributed by atoms with E-state index < -0.39 is 97.5 Å². The zero-order chi connectivity index (χ0) is 68.6. The molecule has 0 fully saturated rings. The van der Waals surface area contributed by atoms with Crippen LogP contribution in [0.5, 0.6) is 0 Å². The molecular formula is C74H136O17P2. The fraction of sp³-hybridized carbons (Fsp3) is 0.838. The maximum absolute atomic E-state index is 13.0. The molecule has 0 rings (SSSR count). The maximum Gasteiger partial charge on any atom is 0.472 e. The van der Waals surface area contributed by atoms with Crippen LogP contribution in [0.2, 0.25) is 0 Å². The topological polar surface area (TPSA) is 237 Å². The van der Waals surface area contributed by atoms with E-state index in [9.17, 15) is 43.2 Å². The van der Waals surface area contributed by atoms with Crippen LogP contribution in [-0.4, -0.2) is 96.7 Å². The van der Waals surface area contributed by atoms with Crippen LogP contribution in [0.15, 0.2) is 48.6 Å². The number of hydrogen-bond acceptors (Lipinski definition) is 15. The van der Waals surface area contributed by atoms with Gasteiger partial charge in [-0.25, -0.2) is 9.13 Å². The monoisotopic (exact) mass is 1360 g/mol. The zero-order valence-electron chi connectivity index (χ0n) is 59.5. The van der Waals surface area contributed by atoms with Crippen molar-refractivity contribution in [3.8, 4) is 0 Å². The van der Waals surface area contributed by atoms with Crippen LogP contribution in [0.25, 0.3) is 0 Å². The van der Waals surface area contributed by atoms with Crippen LogP contribution >= 0.6 is 15.6 Å². The van der Waals surface area contributed by atoms with E-state index in [2.05, 4.69) is 90.2 Å². The van der Waals surface area contributed by atoms with Crippen molar-refractivity contribution >= 4 is 39.5 Å². The summed E-state index contributed by atoms with van der Waals surface area (Å²) in [6.45, 7) is 9.35. The van der Waals surface area contributed by atoms with Crippen molar-refractivity contribution in [3.05, 3.63) is 48.6 Å². The summed E-state index contributed by atoms with van der Waals surface area (Å²) < 4.78 is 68.3. The molecule has 2 unspecified atom stereocenters. The van der Waals surface area contributed by atoms with Crippen LogP contribution in [0.4, 0.5) is 0 Å². The number of aliphatic hydroxyl groups is 1. The standard InChI is InChI=1S/C74H136O17P2/c1-7-9-11-13-15-17-19-21-23-25-29-33-37-44-50-56-71(76)84-62-69(90-74(79)59-53-47-39-35-31-27-28-32-36-42-48-54-66(3)4)64-88-92(80,81)86-60-68(75)61-87-93(82,83)89-65-70(63-85-72(77)57-51-45-41-40-43-49-55-67(5)6)91-73(78)58-52-46-38-34-30-26-24-22-20-18-16-14-12-10-8-2/h17-24,66-70,75H,7-16,25-65H2,1-6H3,(H,80,81)(H,82,83)/b19-17-,20-18-,23-21-,24-22-/t68-,69-,70-/m1/s1. The Hall–Kier alpha value is -2.98. The van der Waals surface area contributed by atoms with Gasteiger partial charge in [-0.15, -0.1) is 0 Å². The summed E-state index contributed by atoms with van der Waals surface area (Å²) in [7, 11) is -9.93. The molecule has 0 amide bonds. The number of phosphoric acid groups is 2. The minimum absolute atomic E-state index is 0.0814. The van der Waals surface area contributed by atoms with Crippen molar-refractivity contribution < 1.29 is 80.2 Å². The number of rotatable bonds is 69. The predicted molar refractivity (Wildman–Crippen MR) is 376 cm³/mol. The minimum atomic E-state index is -4.97. The first-order valence-electron chi connectivity index (χ1n) is 37.1. The number of hydrogen-bond donors (Lipinski definition) is 3. The molecule has 0 spiro atoms. The number of ether oxygens (including phenoxy) is 4. The summed E-state index contributed by atoms with van der Waals surface area (Å²) in [5.41, 5.74) is 0. The van der Waals surface area contributed by atoms with Gasteiger partial charge < -0.3 is 33.8 Å². The van der Waals surface area contributed by atoms with Crippen molar-refractivity contribution in [1.29, 1.82) is 0 Å². The summed E-state index contributed by atoms with van der Waals surface area (Å²) >= 11 is 0. The fourth-order valence-corrected chi connectivity index (χ4v) is 11.8. The lowest BCUT2D eigenvalue weighted by molar-refractivity contribution is -0.161. The summed E-state index contributed by atoms with van der Waals surface area (Å²) in [6.07, 6.45) is 57.2. The van der Waals surface area contributed by atoms with E-state index in [-0.39, 0.29) is 25.7 Å². The Bertz CT molecular complexity index is 1990. The molecule has 3 N–H and O–H groups in total. The van der Waals surface area contributed by atoms with Gasteiger partial charge in [0.15, 0.2) is 12.2 Å². The minimum Gasteiger partial charge on any atom is -0.462 e. The SMILES string of the molecule is CCCCCC/C=C\C=C/CCCCCCCC(=O)OC[C@H](COP(=O)(O)OC[C@@H](O)COP(=O)(O)OC[C@@H](COC(=O)CCCCCCCCC(C)C)OC(=O)CCCCCCC/C=C\C=C/CCCCCC)OC(=O)CCCCCCCCCCCCCC(C)C. The lowest BCUT2D eigenvalue weighted by atomic mass is 10.0. The van der Waals surface area contributed by atoms with Gasteiger partial charge in [0.2, 0.25) is 0 Å². The third-order valence-corrected chi connectivity index (χ3v) is 17.9. The number of phosphoric ester groups is 2. The van der Waals surface area contributed by atoms with E-state index in [0.29, 0.717) is 31.6 Å². The quantitative estimate of drug-likeness (QED) is 0.0169. The molecule has 0 bridgehead atoms. The molecule has 0 radical (unpaired) electrons. The Morgan fingerprint density at radius 2 is 0.581 bits per heavy atom. The Kier molecular flexibility index (Phi) is 62.9. The van der Waals surface area contributed by atoms with Crippen LogP contribution < -0.4 is 0 Å². The maximum atomic E-state index is 13.0. The van der Waals surface area contributed by atoms with Crippen molar-refractivity contribution in [3.63, 3.8) is 0 Å². The fourth-order valence-electron chi connectivity index (χ4n) is 10.2. The Morgan fingerprint density at radius 3 is 0.871 bits per heavy atom. The zero-order valence-corrected chi connectivity index (χ0v) is 61.3. The first kappa shape index (κ1) is 90.0. The lowest BCUT2D eigenvalue weighted by Gasteiger charge is -2.21. The number of esters is 4. The molecule has 17 nitrogen and oxygen atoms in total. The molecule has 0 saturated heterocycles. The number of unbranched alkanes of at least 4 members (excludes halogenated alkanes) is 33. The van der Waals surface area contributed by atoms with Crippen molar-refractivity contribution in [1.82, 2.24) is 0 Å². The molecule has 0 aliphatic heterocycles. The first-order chi connectivity index (χ1) is 44.9. The molecule has 0 saturated carbocycles. The van der Waals surface area contributed by atoms with Crippen LogP contribution in [0, 0.1) is 11.8 Å². The molecule has 93 heavy (non-hydrogen) atoms. The molecule has 5 atom stereocenters. The highest BCUT2D eigenvalue weighted by atomic mass is 31.2. The van der Waals surface area contributed by atoms with Crippen molar-refractivity contribution in [2.75, 3.05) is 39.6 Å². The number of allylic oxidation sites excluding steroid dienone is 8. The largest absolute Gasteiger partial charge is 0.472 e. The molecular weight excluding hydrogens is 1220 g/mol. The number of aliphatic hydroxyl groups excluding tert-OH is 1.